The molecule has 0 spiro atoms. The van der Waals surface area contributed by atoms with Gasteiger partial charge in [-0.15, -0.1) is 22.7 Å². The van der Waals surface area contributed by atoms with Crippen molar-refractivity contribution in [2.24, 2.45) is 17.8 Å². The molecule has 1 aliphatic heterocycles. The number of fused-ring (bicyclic) bond motifs is 2. The van der Waals surface area contributed by atoms with E-state index in [4.69, 9.17) is 9.47 Å². The zero-order chi connectivity index (χ0) is 23.1. The van der Waals surface area contributed by atoms with Crippen LogP contribution < -0.4 is 17.0 Å². The van der Waals surface area contributed by atoms with Crippen LogP contribution in [0.5, 0.6) is 0 Å². The number of quaternary nitrogens is 1. The van der Waals surface area contributed by atoms with E-state index in [0.29, 0.717) is 27.6 Å². The molecule has 2 aromatic heterocycles. The Morgan fingerprint density at radius 1 is 1.12 bits per heavy atom. The smallest absolute Gasteiger partial charge is 0.349 e. The number of carbonyl (C=O) groups excluding carboxylic acids is 1. The minimum Gasteiger partial charge on any atom is -1.00 e. The molecule has 8 heteroatoms. The van der Waals surface area contributed by atoms with E-state index in [2.05, 4.69) is 14.1 Å². The number of nitrogens with zero attached hydrogens (tertiary/aromatic N) is 1. The van der Waals surface area contributed by atoms with Gasteiger partial charge in [-0.25, -0.2) is 4.79 Å². The summed E-state index contributed by atoms with van der Waals surface area (Å²) in [5.41, 5.74) is -1.72. The van der Waals surface area contributed by atoms with Gasteiger partial charge in [-0.2, -0.15) is 0 Å². The number of esters is 1. The first-order valence-corrected chi connectivity index (χ1v) is 14.1. The summed E-state index contributed by atoms with van der Waals surface area (Å²) < 4.78 is 12.7. The zero-order valence-electron chi connectivity index (χ0n) is 20.0. The lowest BCUT2D eigenvalue weighted by molar-refractivity contribution is -0.920. The standard InChI is InChI=1S/C26H36NO4S2.BrH/c1-27(2,12-9-18-10-13-30-14-11-18)24-19-7-8-20(24)21(17-19)31-25(28)26(29,22-5-3-15-32-22)23-6-4-16-33-23;/h3-6,15-16,18-21,24,29H,7-14,17H2,1-2H3;1H/q+1;/p-1/t19?,20-,21-,24?;/m1./s1. The fourth-order valence-corrected chi connectivity index (χ4v) is 8.39. The Morgan fingerprint density at radius 3 is 2.35 bits per heavy atom. The number of hydrogen-bond donors (Lipinski definition) is 1. The Morgan fingerprint density at radius 2 is 1.76 bits per heavy atom. The molecule has 3 fully saturated rings. The second-order valence-corrected chi connectivity index (χ2v) is 12.6. The van der Waals surface area contributed by atoms with Crippen LogP contribution in [-0.4, -0.2) is 61.6 Å². The molecule has 3 aliphatic rings. The second-order valence-electron chi connectivity index (χ2n) is 10.7. The van der Waals surface area contributed by atoms with Gasteiger partial charge in [-0.1, -0.05) is 12.1 Å². The van der Waals surface area contributed by atoms with E-state index >= 15 is 0 Å². The monoisotopic (exact) mass is 569 g/mol. The number of rotatable bonds is 8. The molecule has 2 bridgehead atoms. The number of ether oxygens (including phenoxy) is 2. The molecule has 3 heterocycles. The third kappa shape index (κ3) is 4.91. The topological polar surface area (TPSA) is 55.8 Å². The maximum atomic E-state index is 13.5. The van der Waals surface area contributed by atoms with Crippen molar-refractivity contribution in [1.82, 2.24) is 0 Å². The first-order valence-electron chi connectivity index (χ1n) is 12.3. The second kappa shape index (κ2) is 10.7. The summed E-state index contributed by atoms with van der Waals surface area (Å²) in [5, 5.41) is 15.4. The number of thiophene rings is 2. The van der Waals surface area contributed by atoms with Gasteiger partial charge in [0, 0.05) is 25.0 Å². The maximum Gasteiger partial charge on any atom is 0.349 e. The highest BCUT2D eigenvalue weighted by atomic mass is 79.9. The van der Waals surface area contributed by atoms with Crippen molar-refractivity contribution in [2.75, 3.05) is 33.9 Å². The normalized spacial score (nSPS) is 27.5. The van der Waals surface area contributed by atoms with Crippen molar-refractivity contribution in [3.63, 3.8) is 0 Å². The minimum atomic E-state index is -1.72. The van der Waals surface area contributed by atoms with Gasteiger partial charge in [0.25, 0.3) is 0 Å². The molecule has 2 saturated carbocycles. The average molecular weight is 571 g/mol. The summed E-state index contributed by atoms with van der Waals surface area (Å²) in [6, 6.07) is 7.92. The van der Waals surface area contributed by atoms with E-state index in [1.165, 1.54) is 48.4 Å². The largest absolute Gasteiger partial charge is 1.00 e. The van der Waals surface area contributed by atoms with Gasteiger partial charge in [0.15, 0.2) is 0 Å². The van der Waals surface area contributed by atoms with Crippen molar-refractivity contribution in [3.8, 4) is 0 Å². The molecular formula is C26H36BrNO4S2. The molecule has 188 valence electrons. The van der Waals surface area contributed by atoms with Crippen LogP contribution in [0.1, 0.15) is 48.3 Å². The fraction of sp³-hybridized carbons (Fsp3) is 0.654. The fourth-order valence-electron chi connectivity index (χ4n) is 6.67. The van der Waals surface area contributed by atoms with Gasteiger partial charge < -0.3 is 36.0 Å². The third-order valence-electron chi connectivity index (χ3n) is 8.38. The minimum absolute atomic E-state index is 0. The summed E-state index contributed by atoms with van der Waals surface area (Å²) >= 11 is 2.80. The summed E-state index contributed by atoms with van der Waals surface area (Å²) in [6.07, 6.45) is 6.76. The Bertz CT molecular complexity index is 893. The molecule has 1 saturated heterocycles. The summed E-state index contributed by atoms with van der Waals surface area (Å²) in [4.78, 5) is 14.8. The van der Waals surface area contributed by atoms with Crippen molar-refractivity contribution in [2.45, 2.75) is 56.3 Å². The SMILES string of the molecule is C[N+](C)(CCC1CCOCC1)C1C2CC[C@@H]1[C@H](OC(=O)C(O)(c1cccs1)c1cccs1)C2.[Br-]. The van der Waals surface area contributed by atoms with Crippen LogP contribution in [0.4, 0.5) is 0 Å². The van der Waals surface area contributed by atoms with Crippen molar-refractivity contribution >= 4 is 28.6 Å². The number of carbonyl (C=O) groups is 1. The van der Waals surface area contributed by atoms with E-state index in [1.54, 1.807) is 0 Å². The van der Waals surface area contributed by atoms with Gasteiger partial charge in [0.2, 0.25) is 5.60 Å². The molecule has 0 amide bonds. The number of halogens is 1. The van der Waals surface area contributed by atoms with Crippen molar-refractivity contribution in [1.29, 1.82) is 0 Å². The molecule has 2 aliphatic carbocycles. The molecule has 5 rings (SSSR count). The molecular weight excluding hydrogens is 534 g/mol. The van der Waals surface area contributed by atoms with Crippen LogP contribution >= 0.6 is 22.7 Å². The van der Waals surface area contributed by atoms with Crippen LogP contribution in [0.2, 0.25) is 0 Å². The highest BCUT2D eigenvalue weighted by molar-refractivity contribution is 7.12. The van der Waals surface area contributed by atoms with Gasteiger partial charge >= 0.3 is 5.97 Å². The number of hydrogen-bond acceptors (Lipinski definition) is 6. The Balaban J connectivity index is 0.00000274. The predicted octanol–water partition coefficient (Wildman–Crippen LogP) is 1.65. The lowest BCUT2D eigenvalue weighted by atomic mass is 9.94. The molecule has 0 radical (unpaired) electrons. The van der Waals surface area contributed by atoms with E-state index in [-0.39, 0.29) is 23.1 Å². The van der Waals surface area contributed by atoms with E-state index in [0.717, 1.165) is 43.0 Å². The molecule has 2 aromatic rings. The van der Waals surface area contributed by atoms with Gasteiger partial charge in [-0.05, 0) is 67.3 Å². The number of aliphatic hydroxyl groups is 1. The Labute approximate surface area is 221 Å². The zero-order valence-corrected chi connectivity index (χ0v) is 23.2. The van der Waals surface area contributed by atoms with E-state index in [1.807, 2.05) is 35.0 Å². The average Bonchev–Trinajstić information content (AvgIpc) is 3.62. The van der Waals surface area contributed by atoms with Crippen LogP contribution in [-0.2, 0) is 19.9 Å². The molecule has 34 heavy (non-hydrogen) atoms. The lowest BCUT2D eigenvalue weighted by Gasteiger charge is -2.40. The summed E-state index contributed by atoms with van der Waals surface area (Å²) in [6.45, 7) is 2.97. The highest BCUT2D eigenvalue weighted by Crippen LogP contribution is 2.51. The Hall–Kier alpha value is -0.770. The summed E-state index contributed by atoms with van der Waals surface area (Å²) in [5.74, 6) is 1.22. The maximum absolute atomic E-state index is 13.5. The van der Waals surface area contributed by atoms with E-state index in [9.17, 15) is 9.90 Å². The van der Waals surface area contributed by atoms with Crippen LogP contribution in [0.3, 0.4) is 0 Å². The lowest BCUT2D eigenvalue weighted by Crippen LogP contribution is -3.00. The first-order chi connectivity index (χ1) is 15.9. The van der Waals surface area contributed by atoms with Gasteiger partial charge in [-0.3, -0.25) is 0 Å². The predicted molar refractivity (Wildman–Crippen MR) is 131 cm³/mol. The van der Waals surface area contributed by atoms with Crippen molar-refractivity contribution in [3.05, 3.63) is 44.8 Å². The molecule has 5 nitrogen and oxygen atoms in total. The highest BCUT2D eigenvalue weighted by Gasteiger charge is 2.58. The van der Waals surface area contributed by atoms with Crippen molar-refractivity contribution < 1.29 is 40.8 Å². The molecule has 2 unspecified atom stereocenters. The van der Waals surface area contributed by atoms with Gasteiger partial charge in [0.05, 0.1) is 36.4 Å². The summed E-state index contributed by atoms with van der Waals surface area (Å²) in [7, 11) is 4.74. The van der Waals surface area contributed by atoms with Crippen LogP contribution in [0.25, 0.3) is 0 Å². The molecule has 4 atom stereocenters. The molecule has 1 N–H and O–H groups in total. The molecule has 0 aromatic carbocycles. The third-order valence-corrected chi connectivity index (χ3v) is 10.3. The van der Waals surface area contributed by atoms with Crippen LogP contribution in [0, 0.1) is 17.8 Å². The van der Waals surface area contributed by atoms with Crippen LogP contribution in [0.15, 0.2) is 35.0 Å². The first kappa shape index (κ1) is 26.3. The Kier molecular flexibility index (Phi) is 8.27. The van der Waals surface area contributed by atoms with Gasteiger partial charge in [0.1, 0.15) is 6.10 Å². The quantitative estimate of drug-likeness (QED) is 0.388. The van der Waals surface area contributed by atoms with E-state index < -0.39 is 11.6 Å².